The van der Waals surface area contributed by atoms with E-state index >= 15 is 0 Å². The van der Waals surface area contributed by atoms with Crippen LogP contribution in [0.1, 0.15) is 20.9 Å². The van der Waals surface area contributed by atoms with Crippen molar-refractivity contribution in [1.82, 2.24) is 14.6 Å². The first-order valence-corrected chi connectivity index (χ1v) is 9.79. The number of aryl methyl sites for hydroxylation is 1. The highest BCUT2D eigenvalue weighted by molar-refractivity contribution is 7.22. The second kappa shape index (κ2) is 7.11. The van der Waals surface area contributed by atoms with Crippen LogP contribution in [0, 0.1) is 6.92 Å². The lowest BCUT2D eigenvalue weighted by Crippen LogP contribution is -2.30. The van der Waals surface area contributed by atoms with Crippen LogP contribution in [0.4, 0.5) is 5.13 Å². The molecule has 1 amide bonds. The number of carbonyl (C=O) groups is 1. The summed E-state index contributed by atoms with van der Waals surface area (Å²) < 4.78 is 4.83. The molecule has 130 valence electrons. The van der Waals surface area contributed by atoms with Gasteiger partial charge in [0.2, 0.25) is 0 Å². The third-order valence-electron chi connectivity index (χ3n) is 3.84. The van der Waals surface area contributed by atoms with Crippen LogP contribution in [0.5, 0.6) is 0 Å². The first-order valence-electron chi connectivity index (χ1n) is 7.82. The Balaban J connectivity index is 1.78. The van der Waals surface area contributed by atoms with Gasteiger partial charge in [-0.05, 0) is 42.2 Å². The molecule has 0 saturated heterocycles. The molecule has 0 fully saturated rings. The summed E-state index contributed by atoms with van der Waals surface area (Å²) >= 11 is 8.63. The number of hydrogen-bond donors (Lipinski definition) is 0. The number of carbonyl (C=O) groups excluding carboxylic acids is 1. The van der Waals surface area contributed by atoms with E-state index in [-0.39, 0.29) is 5.91 Å². The van der Waals surface area contributed by atoms with Crippen LogP contribution in [-0.2, 0) is 6.54 Å². The predicted molar refractivity (Wildman–Crippen MR) is 106 cm³/mol. The third-order valence-corrected chi connectivity index (χ3v) is 5.94. The van der Waals surface area contributed by atoms with E-state index in [0.717, 1.165) is 27.3 Å². The summed E-state index contributed by atoms with van der Waals surface area (Å²) in [5, 5.41) is 5.24. The van der Waals surface area contributed by atoms with Gasteiger partial charge in [0, 0.05) is 5.02 Å². The molecule has 0 bridgehead atoms. The van der Waals surface area contributed by atoms with E-state index in [1.54, 1.807) is 17.9 Å². The Hall–Kier alpha value is -2.35. The first kappa shape index (κ1) is 17.1. The van der Waals surface area contributed by atoms with Crippen molar-refractivity contribution in [2.45, 2.75) is 13.5 Å². The van der Waals surface area contributed by atoms with Crippen molar-refractivity contribution in [2.75, 3.05) is 4.90 Å². The molecule has 0 aliphatic rings. The highest BCUT2D eigenvalue weighted by Crippen LogP contribution is 2.33. The van der Waals surface area contributed by atoms with Gasteiger partial charge in [-0.3, -0.25) is 9.69 Å². The Labute approximate surface area is 163 Å². The van der Waals surface area contributed by atoms with Gasteiger partial charge >= 0.3 is 0 Å². The molecule has 0 radical (unpaired) electrons. The van der Waals surface area contributed by atoms with Crippen LogP contribution in [0.15, 0.2) is 48.5 Å². The molecule has 0 aliphatic carbocycles. The summed E-state index contributed by atoms with van der Waals surface area (Å²) in [4.78, 5) is 20.0. The SMILES string of the molecule is Cc1nnsc1C(=O)N(Cc1ccccc1)c1nc2ccc(Cl)cc2s1. The van der Waals surface area contributed by atoms with Crippen LogP contribution in [0.2, 0.25) is 5.02 Å². The highest BCUT2D eigenvalue weighted by atomic mass is 35.5. The Morgan fingerprint density at radius 3 is 2.73 bits per heavy atom. The predicted octanol–water partition coefficient (Wildman–Crippen LogP) is 4.96. The lowest BCUT2D eigenvalue weighted by atomic mass is 10.2. The van der Waals surface area contributed by atoms with Crippen molar-refractivity contribution in [3.8, 4) is 0 Å². The van der Waals surface area contributed by atoms with Crippen LogP contribution >= 0.6 is 34.5 Å². The van der Waals surface area contributed by atoms with E-state index in [1.807, 2.05) is 42.5 Å². The second-order valence-electron chi connectivity index (χ2n) is 5.67. The monoisotopic (exact) mass is 400 g/mol. The fraction of sp³-hybridized carbons (Fsp3) is 0.111. The Morgan fingerprint density at radius 2 is 2.00 bits per heavy atom. The fourth-order valence-corrected chi connectivity index (χ4v) is 4.39. The van der Waals surface area contributed by atoms with Gasteiger partial charge in [0.05, 0.1) is 22.5 Å². The molecule has 4 rings (SSSR count). The number of fused-ring (bicyclic) bond motifs is 1. The molecular formula is C18H13ClN4OS2. The first-order chi connectivity index (χ1) is 12.6. The minimum Gasteiger partial charge on any atom is -0.279 e. The second-order valence-corrected chi connectivity index (χ2v) is 7.87. The number of rotatable bonds is 4. The number of amides is 1. The maximum absolute atomic E-state index is 13.2. The van der Waals surface area contributed by atoms with Crippen molar-refractivity contribution >= 4 is 55.7 Å². The number of anilines is 1. The molecule has 8 heteroatoms. The number of halogens is 1. The van der Waals surface area contributed by atoms with Gasteiger partial charge in [0.25, 0.3) is 5.91 Å². The van der Waals surface area contributed by atoms with Gasteiger partial charge in [0.1, 0.15) is 4.88 Å². The van der Waals surface area contributed by atoms with Gasteiger partial charge < -0.3 is 0 Å². The van der Waals surface area contributed by atoms with Crippen LogP contribution in [0.25, 0.3) is 10.2 Å². The summed E-state index contributed by atoms with van der Waals surface area (Å²) in [6.45, 7) is 2.21. The molecule has 0 atom stereocenters. The van der Waals surface area contributed by atoms with E-state index in [9.17, 15) is 4.79 Å². The maximum Gasteiger partial charge on any atom is 0.274 e. The van der Waals surface area contributed by atoms with Crippen molar-refractivity contribution < 1.29 is 4.79 Å². The van der Waals surface area contributed by atoms with E-state index in [0.29, 0.717) is 27.3 Å². The molecule has 2 aromatic heterocycles. The standard InChI is InChI=1S/C18H13ClN4OS2/c1-11-16(26-22-21-11)17(24)23(10-12-5-3-2-4-6-12)18-20-14-8-7-13(19)9-15(14)25-18/h2-9H,10H2,1H3. The van der Waals surface area contributed by atoms with E-state index in [1.165, 1.54) is 11.3 Å². The van der Waals surface area contributed by atoms with Crippen molar-refractivity contribution in [3.63, 3.8) is 0 Å². The number of hydrogen-bond acceptors (Lipinski definition) is 6. The summed E-state index contributed by atoms with van der Waals surface area (Å²) in [6.07, 6.45) is 0. The molecule has 0 aliphatic heterocycles. The van der Waals surface area contributed by atoms with Crippen LogP contribution in [-0.4, -0.2) is 20.5 Å². The molecule has 0 unspecified atom stereocenters. The number of thiazole rings is 1. The molecule has 0 saturated carbocycles. The van der Waals surface area contributed by atoms with Crippen LogP contribution < -0.4 is 4.90 Å². The zero-order chi connectivity index (χ0) is 18.1. The van der Waals surface area contributed by atoms with E-state index < -0.39 is 0 Å². The molecule has 2 heterocycles. The van der Waals surface area contributed by atoms with E-state index in [2.05, 4.69) is 14.6 Å². The number of nitrogens with zero attached hydrogens (tertiary/aromatic N) is 4. The fourth-order valence-electron chi connectivity index (χ4n) is 2.54. The zero-order valence-electron chi connectivity index (χ0n) is 13.7. The highest BCUT2D eigenvalue weighted by Gasteiger charge is 2.25. The smallest absolute Gasteiger partial charge is 0.274 e. The van der Waals surface area contributed by atoms with Gasteiger partial charge in [-0.2, -0.15) is 0 Å². The van der Waals surface area contributed by atoms with Crippen molar-refractivity contribution in [1.29, 1.82) is 0 Å². The largest absolute Gasteiger partial charge is 0.279 e. The minimum absolute atomic E-state index is 0.147. The molecule has 26 heavy (non-hydrogen) atoms. The summed E-state index contributed by atoms with van der Waals surface area (Å²) in [5.74, 6) is -0.147. The topological polar surface area (TPSA) is 59.0 Å². The molecule has 4 aromatic rings. The van der Waals surface area contributed by atoms with Gasteiger partial charge in [0.15, 0.2) is 5.13 Å². The minimum atomic E-state index is -0.147. The Bertz CT molecular complexity index is 1080. The number of aromatic nitrogens is 3. The lowest BCUT2D eigenvalue weighted by Gasteiger charge is -2.19. The summed E-state index contributed by atoms with van der Waals surface area (Å²) in [5.41, 5.74) is 2.47. The molecule has 0 spiro atoms. The lowest BCUT2D eigenvalue weighted by molar-refractivity contribution is 0.0988. The van der Waals surface area contributed by atoms with Crippen molar-refractivity contribution in [3.05, 3.63) is 69.7 Å². The maximum atomic E-state index is 13.2. The van der Waals surface area contributed by atoms with Crippen LogP contribution in [0.3, 0.4) is 0 Å². The number of benzene rings is 2. The van der Waals surface area contributed by atoms with Gasteiger partial charge in [-0.15, -0.1) is 5.10 Å². The normalized spacial score (nSPS) is 11.0. The molecule has 0 N–H and O–H groups in total. The third kappa shape index (κ3) is 3.33. The van der Waals surface area contributed by atoms with Crippen molar-refractivity contribution in [2.24, 2.45) is 0 Å². The average Bonchev–Trinajstić information content (AvgIpc) is 3.25. The Morgan fingerprint density at radius 1 is 1.19 bits per heavy atom. The summed E-state index contributed by atoms with van der Waals surface area (Å²) in [7, 11) is 0. The van der Waals surface area contributed by atoms with Gasteiger partial charge in [-0.1, -0.05) is 57.8 Å². The van der Waals surface area contributed by atoms with E-state index in [4.69, 9.17) is 11.6 Å². The Kier molecular flexibility index (Phi) is 4.67. The molecule has 5 nitrogen and oxygen atoms in total. The molecular weight excluding hydrogens is 388 g/mol. The quantitative estimate of drug-likeness (QED) is 0.486. The average molecular weight is 401 g/mol. The van der Waals surface area contributed by atoms with Gasteiger partial charge in [-0.25, -0.2) is 4.98 Å². The summed E-state index contributed by atoms with van der Waals surface area (Å²) in [6, 6.07) is 15.4. The molecule has 2 aromatic carbocycles. The zero-order valence-corrected chi connectivity index (χ0v) is 16.1.